The first-order valence-electron chi connectivity index (χ1n) is 6.97. The Bertz CT molecular complexity index is 587. The number of rotatable bonds is 4. The number of carbonyl (C=O) groups is 3. The van der Waals surface area contributed by atoms with Gasteiger partial charge in [-0.15, -0.1) is 0 Å². The van der Waals surface area contributed by atoms with Gasteiger partial charge in [0.05, 0.1) is 11.8 Å². The van der Waals surface area contributed by atoms with Crippen molar-refractivity contribution in [3.05, 3.63) is 30.3 Å². The molecule has 1 heterocycles. The van der Waals surface area contributed by atoms with E-state index in [1.807, 2.05) is 30.3 Å². The topological polar surface area (TPSA) is 86.7 Å². The zero-order chi connectivity index (χ0) is 15.0. The number of benzene rings is 1. The van der Waals surface area contributed by atoms with E-state index in [0.717, 1.165) is 5.69 Å². The number of nitrogens with one attached hydrogen (secondary N) is 1. The molecule has 3 atom stereocenters. The third-order valence-corrected chi connectivity index (χ3v) is 4.03. The Morgan fingerprint density at radius 2 is 1.90 bits per heavy atom. The second-order valence-electron chi connectivity index (χ2n) is 5.46. The molecule has 0 aromatic heterocycles. The number of nitrogens with zero attached hydrogens (tertiary/aromatic N) is 1. The average molecular weight is 288 g/mol. The zero-order valence-corrected chi connectivity index (χ0v) is 11.4. The van der Waals surface area contributed by atoms with Crippen molar-refractivity contribution in [1.82, 2.24) is 5.32 Å². The van der Waals surface area contributed by atoms with Crippen molar-refractivity contribution < 1.29 is 19.5 Å². The van der Waals surface area contributed by atoms with Crippen molar-refractivity contribution >= 4 is 23.5 Å². The molecular weight excluding hydrogens is 272 g/mol. The van der Waals surface area contributed by atoms with Crippen molar-refractivity contribution in [1.29, 1.82) is 0 Å². The van der Waals surface area contributed by atoms with Crippen LogP contribution in [0.3, 0.4) is 0 Å². The van der Waals surface area contributed by atoms with Gasteiger partial charge in [0, 0.05) is 12.2 Å². The molecule has 0 bridgehead atoms. The maximum Gasteiger partial charge on any atom is 0.307 e. The maximum atomic E-state index is 12.3. The van der Waals surface area contributed by atoms with Gasteiger partial charge in [0.1, 0.15) is 6.04 Å². The van der Waals surface area contributed by atoms with Gasteiger partial charge < -0.3 is 15.3 Å². The molecule has 0 radical (unpaired) electrons. The van der Waals surface area contributed by atoms with Crippen molar-refractivity contribution in [3.63, 3.8) is 0 Å². The van der Waals surface area contributed by atoms with Crippen LogP contribution in [-0.2, 0) is 14.4 Å². The summed E-state index contributed by atoms with van der Waals surface area (Å²) in [4.78, 5) is 36.6. The summed E-state index contributed by atoms with van der Waals surface area (Å²) in [6.07, 6.45) is 0.911. The van der Waals surface area contributed by atoms with Crippen LogP contribution in [0.2, 0.25) is 0 Å². The Kier molecular flexibility index (Phi) is 3.37. The number of anilines is 1. The molecule has 1 aliphatic carbocycles. The second-order valence-corrected chi connectivity index (χ2v) is 5.46. The molecule has 0 spiro atoms. The number of carbonyl (C=O) groups excluding carboxylic acids is 2. The fraction of sp³-hybridized carbons (Fsp3) is 0.400. The Labute approximate surface area is 121 Å². The molecule has 1 aromatic rings. The van der Waals surface area contributed by atoms with Crippen LogP contribution in [0.1, 0.15) is 12.8 Å². The highest BCUT2D eigenvalue weighted by Gasteiger charge is 2.49. The highest BCUT2D eigenvalue weighted by Crippen LogP contribution is 2.39. The van der Waals surface area contributed by atoms with Crippen LogP contribution in [0.5, 0.6) is 0 Å². The molecule has 2 fully saturated rings. The van der Waals surface area contributed by atoms with Crippen LogP contribution < -0.4 is 10.2 Å². The van der Waals surface area contributed by atoms with Crippen LogP contribution >= 0.6 is 0 Å². The van der Waals surface area contributed by atoms with E-state index in [0.29, 0.717) is 19.4 Å². The van der Waals surface area contributed by atoms with Gasteiger partial charge >= 0.3 is 5.97 Å². The lowest BCUT2D eigenvalue weighted by molar-refractivity contribution is -0.140. The van der Waals surface area contributed by atoms with Crippen LogP contribution in [0.25, 0.3) is 0 Å². The predicted molar refractivity (Wildman–Crippen MR) is 74.6 cm³/mol. The first-order chi connectivity index (χ1) is 10.1. The van der Waals surface area contributed by atoms with Gasteiger partial charge in [0.2, 0.25) is 11.8 Å². The van der Waals surface area contributed by atoms with Gasteiger partial charge in [-0.05, 0) is 25.0 Å². The van der Waals surface area contributed by atoms with Crippen LogP contribution in [0.15, 0.2) is 30.3 Å². The highest BCUT2D eigenvalue weighted by atomic mass is 16.4. The summed E-state index contributed by atoms with van der Waals surface area (Å²) in [5.74, 6) is -2.48. The third-order valence-electron chi connectivity index (χ3n) is 4.03. The minimum absolute atomic E-state index is 0.137. The molecule has 110 valence electrons. The van der Waals surface area contributed by atoms with E-state index in [2.05, 4.69) is 5.32 Å². The largest absolute Gasteiger partial charge is 0.481 e. The summed E-state index contributed by atoms with van der Waals surface area (Å²) in [6.45, 7) is 0.556. The maximum absolute atomic E-state index is 12.3. The van der Waals surface area contributed by atoms with E-state index in [1.54, 1.807) is 4.90 Å². The fourth-order valence-electron chi connectivity index (χ4n) is 2.71. The molecular formula is C15H16N2O4. The predicted octanol–water partition coefficient (Wildman–Crippen LogP) is 0.629. The second kappa shape index (κ2) is 5.20. The van der Waals surface area contributed by atoms with Gasteiger partial charge in [-0.1, -0.05) is 18.2 Å². The highest BCUT2D eigenvalue weighted by molar-refractivity contribution is 6.02. The van der Waals surface area contributed by atoms with Gasteiger partial charge in [0.15, 0.2) is 0 Å². The van der Waals surface area contributed by atoms with E-state index in [-0.39, 0.29) is 11.8 Å². The van der Waals surface area contributed by atoms with Crippen LogP contribution in [0, 0.1) is 11.8 Å². The van der Waals surface area contributed by atoms with E-state index < -0.39 is 23.8 Å². The van der Waals surface area contributed by atoms with E-state index in [9.17, 15) is 14.4 Å². The smallest absolute Gasteiger partial charge is 0.307 e. The van der Waals surface area contributed by atoms with Crippen molar-refractivity contribution in [2.24, 2.45) is 11.8 Å². The minimum atomic E-state index is -0.946. The molecule has 1 aliphatic heterocycles. The molecule has 1 aromatic carbocycles. The summed E-state index contributed by atoms with van der Waals surface area (Å²) in [6, 6.07) is 8.74. The molecule has 0 unspecified atom stereocenters. The molecule has 21 heavy (non-hydrogen) atoms. The molecule has 2 N–H and O–H groups in total. The number of hydrogen-bond acceptors (Lipinski definition) is 3. The molecule has 2 aliphatic rings. The van der Waals surface area contributed by atoms with Crippen LogP contribution in [0.4, 0.5) is 5.69 Å². The molecule has 1 saturated heterocycles. The number of carboxylic acids is 1. The van der Waals surface area contributed by atoms with Crippen molar-refractivity contribution in [2.75, 3.05) is 11.4 Å². The lowest BCUT2D eigenvalue weighted by atomic mass is 10.2. The number of amides is 2. The lowest BCUT2D eigenvalue weighted by Gasteiger charge is -2.17. The standard InChI is InChI=1S/C15H16N2O4/c18-13(10-8-11(10)15(20)21)16-12-6-7-17(14(12)19)9-4-2-1-3-5-9/h1-5,10-12H,6-8H2,(H,16,18)(H,20,21)/t10-,11+,12+/m0/s1. The summed E-state index contributed by atoms with van der Waals surface area (Å²) in [7, 11) is 0. The molecule has 3 rings (SSSR count). The third kappa shape index (κ3) is 2.61. The van der Waals surface area contributed by atoms with Gasteiger partial charge in [-0.3, -0.25) is 14.4 Å². The van der Waals surface area contributed by atoms with Gasteiger partial charge in [-0.25, -0.2) is 0 Å². The molecule has 1 saturated carbocycles. The van der Waals surface area contributed by atoms with Crippen molar-refractivity contribution in [3.8, 4) is 0 Å². The summed E-state index contributed by atoms with van der Waals surface area (Å²) < 4.78 is 0. The van der Waals surface area contributed by atoms with Crippen molar-refractivity contribution in [2.45, 2.75) is 18.9 Å². The quantitative estimate of drug-likeness (QED) is 0.850. The van der Waals surface area contributed by atoms with E-state index in [4.69, 9.17) is 5.11 Å². The average Bonchev–Trinajstić information content (AvgIpc) is 3.21. The fourth-order valence-corrected chi connectivity index (χ4v) is 2.71. The Morgan fingerprint density at radius 1 is 1.19 bits per heavy atom. The molecule has 2 amide bonds. The lowest BCUT2D eigenvalue weighted by Crippen LogP contribution is -2.42. The summed E-state index contributed by atoms with van der Waals surface area (Å²) in [5, 5.41) is 11.5. The SMILES string of the molecule is O=C(N[C@@H]1CCN(c2ccccc2)C1=O)[C@H]1C[C@H]1C(=O)O. The number of aliphatic carboxylic acids is 1. The minimum Gasteiger partial charge on any atom is -0.481 e. The number of para-hydroxylation sites is 1. The number of hydrogen-bond donors (Lipinski definition) is 2. The Balaban J connectivity index is 1.60. The molecule has 6 heteroatoms. The number of carboxylic acid groups (broad SMARTS) is 1. The van der Waals surface area contributed by atoms with E-state index in [1.165, 1.54) is 0 Å². The van der Waals surface area contributed by atoms with Crippen LogP contribution in [-0.4, -0.2) is 35.5 Å². The Hall–Kier alpha value is -2.37. The van der Waals surface area contributed by atoms with Gasteiger partial charge in [-0.2, -0.15) is 0 Å². The first kappa shape index (κ1) is 13.6. The van der Waals surface area contributed by atoms with Gasteiger partial charge in [0.25, 0.3) is 0 Å². The zero-order valence-electron chi connectivity index (χ0n) is 11.4. The Morgan fingerprint density at radius 3 is 2.52 bits per heavy atom. The summed E-state index contributed by atoms with van der Waals surface area (Å²) in [5.41, 5.74) is 0.814. The summed E-state index contributed by atoms with van der Waals surface area (Å²) >= 11 is 0. The van der Waals surface area contributed by atoms with E-state index >= 15 is 0 Å². The first-order valence-corrected chi connectivity index (χ1v) is 6.97. The monoisotopic (exact) mass is 288 g/mol. The normalized spacial score (nSPS) is 27.5. The molecule has 6 nitrogen and oxygen atoms in total.